The summed E-state index contributed by atoms with van der Waals surface area (Å²) in [7, 11) is 6.25. The molecule has 0 amide bonds. The minimum atomic E-state index is -0.328. The molecule has 0 saturated carbocycles. The third kappa shape index (κ3) is 8.79. The molecule has 128 valence electrons. The van der Waals surface area contributed by atoms with Gasteiger partial charge in [-0.05, 0) is 27.5 Å². The van der Waals surface area contributed by atoms with Gasteiger partial charge in [0.1, 0.15) is 5.82 Å². The van der Waals surface area contributed by atoms with Crippen LogP contribution in [-0.4, -0.2) is 64.1 Å². The molecule has 0 bridgehead atoms. The van der Waals surface area contributed by atoms with E-state index in [1.165, 1.54) is 0 Å². The second-order valence-corrected chi connectivity index (χ2v) is 4.95. The summed E-state index contributed by atoms with van der Waals surface area (Å²) in [5.74, 6) is 0.606. The maximum atomic E-state index is 5.65. The Labute approximate surface area is 143 Å². The van der Waals surface area contributed by atoms with Gasteiger partial charge in [0.05, 0.1) is 11.0 Å². The van der Waals surface area contributed by atoms with Crippen molar-refractivity contribution in [3.05, 3.63) is 16.0 Å². The number of nitrogens with zero attached hydrogens (tertiary/aromatic N) is 2. The first kappa shape index (κ1) is 21.4. The topological polar surface area (TPSA) is 101 Å². The van der Waals surface area contributed by atoms with E-state index in [9.17, 15) is 0 Å². The van der Waals surface area contributed by atoms with Gasteiger partial charge in [-0.15, -0.1) is 0 Å². The number of hydrogen-bond donors (Lipinski definition) is 2. The van der Waals surface area contributed by atoms with Crippen molar-refractivity contribution < 1.29 is 18.9 Å². The fourth-order valence-electron chi connectivity index (χ4n) is 1.20. The number of aromatic nitrogens is 2. The molecule has 0 aliphatic carbocycles. The second-order valence-electron chi connectivity index (χ2n) is 3.75. The predicted molar refractivity (Wildman–Crippen MR) is 87.9 cm³/mol. The number of ether oxygens (including phenoxy) is 4. The second kappa shape index (κ2) is 12.9. The van der Waals surface area contributed by atoms with Crippen LogP contribution in [0.15, 0.2) is 10.7 Å². The zero-order valence-corrected chi connectivity index (χ0v) is 15.3. The van der Waals surface area contributed by atoms with Crippen LogP contribution in [0.25, 0.3) is 0 Å². The Hall–Kier alpha value is -0.550. The van der Waals surface area contributed by atoms with Gasteiger partial charge in [-0.3, -0.25) is 0 Å². The molecular formula is C12H22BrClN4O4. The van der Waals surface area contributed by atoms with E-state index in [1.54, 1.807) is 34.6 Å². The van der Waals surface area contributed by atoms with Crippen LogP contribution < -0.4 is 11.1 Å². The molecule has 0 aromatic carbocycles. The van der Waals surface area contributed by atoms with Crippen LogP contribution in [0.5, 0.6) is 0 Å². The molecule has 0 fully saturated rings. The number of nitrogens with one attached hydrogen (secondary N) is 1. The Bertz CT molecular complexity index is 403. The minimum Gasteiger partial charge on any atom is -0.364 e. The molecule has 0 spiro atoms. The first-order valence-corrected chi connectivity index (χ1v) is 7.42. The lowest BCUT2D eigenvalue weighted by Gasteiger charge is -2.14. The Morgan fingerprint density at radius 3 is 2.14 bits per heavy atom. The molecule has 1 heterocycles. The van der Waals surface area contributed by atoms with Gasteiger partial charge in [0.2, 0.25) is 5.28 Å². The smallest absolute Gasteiger partial charge is 0.224 e. The van der Waals surface area contributed by atoms with Crippen LogP contribution in [0, 0.1) is 0 Å². The number of nitrogens with two attached hydrogens (primary N) is 1. The molecule has 3 N–H and O–H groups in total. The number of anilines is 1. The maximum Gasteiger partial charge on any atom is 0.224 e. The van der Waals surface area contributed by atoms with Crippen molar-refractivity contribution in [3.63, 3.8) is 0 Å². The molecule has 8 nitrogen and oxygen atoms in total. The molecule has 1 rings (SSSR count). The summed E-state index contributed by atoms with van der Waals surface area (Å²) in [6.07, 6.45) is 1.01. The zero-order chi connectivity index (χ0) is 17.0. The molecule has 10 heteroatoms. The van der Waals surface area contributed by atoms with E-state index in [-0.39, 0.29) is 17.9 Å². The predicted octanol–water partition coefficient (Wildman–Crippen LogP) is 1.49. The summed E-state index contributed by atoms with van der Waals surface area (Å²) >= 11 is 8.95. The average Bonchev–Trinajstić information content (AvgIpc) is 2.54. The molecule has 1 aromatic heterocycles. The molecule has 0 unspecified atom stereocenters. The Kier molecular flexibility index (Phi) is 12.6. The molecule has 0 aliphatic heterocycles. The van der Waals surface area contributed by atoms with Crippen molar-refractivity contribution in [2.24, 2.45) is 5.73 Å². The van der Waals surface area contributed by atoms with Crippen LogP contribution in [-0.2, 0) is 18.9 Å². The number of halogens is 2. The van der Waals surface area contributed by atoms with Crippen molar-refractivity contribution in [1.29, 1.82) is 0 Å². The molecule has 0 atom stereocenters. The summed E-state index contributed by atoms with van der Waals surface area (Å²) in [4.78, 5) is 7.81. The van der Waals surface area contributed by atoms with E-state index in [1.807, 2.05) is 0 Å². The van der Waals surface area contributed by atoms with Crippen LogP contribution in [0.2, 0.25) is 5.28 Å². The lowest BCUT2D eigenvalue weighted by Crippen LogP contribution is -2.24. The Morgan fingerprint density at radius 2 is 1.73 bits per heavy atom. The fourth-order valence-corrected chi connectivity index (χ4v) is 1.67. The molecule has 22 heavy (non-hydrogen) atoms. The average molecular weight is 402 g/mol. The lowest BCUT2D eigenvalue weighted by atomic mass is 10.5. The van der Waals surface area contributed by atoms with Gasteiger partial charge in [-0.25, -0.2) is 4.98 Å². The van der Waals surface area contributed by atoms with Gasteiger partial charge in [0.15, 0.2) is 12.6 Å². The first-order chi connectivity index (χ1) is 10.5. The summed E-state index contributed by atoms with van der Waals surface area (Å²) in [5, 5.41) is 3.21. The van der Waals surface area contributed by atoms with E-state index < -0.39 is 0 Å². The van der Waals surface area contributed by atoms with E-state index in [0.717, 1.165) is 4.47 Å². The lowest BCUT2D eigenvalue weighted by molar-refractivity contribution is -0.0940. The summed E-state index contributed by atoms with van der Waals surface area (Å²) in [6.45, 7) is 0.881. The standard InChI is InChI=1S/C8H11BrClN3O2.C4H11NO2/c1-14-6(15-2)4-11-7-5(9)3-12-8(10)13-7;1-6-4(3-5)7-2/h3,6H,4H2,1-2H3,(H,11,12,13);4H,3,5H2,1-2H3. The molecule has 1 aromatic rings. The Morgan fingerprint density at radius 1 is 1.18 bits per heavy atom. The molecular weight excluding hydrogens is 380 g/mol. The highest BCUT2D eigenvalue weighted by Gasteiger charge is 2.08. The third-order valence-electron chi connectivity index (χ3n) is 2.39. The largest absolute Gasteiger partial charge is 0.364 e. The quantitative estimate of drug-likeness (QED) is 0.499. The maximum absolute atomic E-state index is 5.65. The highest BCUT2D eigenvalue weighted by Crippen LogP contribution is 2.19. The van der Waals surface area contributed by atoms with E-state index in [2.05, 4.69) is 31.2 Å². The SMILES string of the molecule is COC(CN)OC.COC(CNc1nc(Cl)ncc1Br)OC. The van der Waals surface area contributed by atoms with Crippen molar-refractivity contribution in [1.82, 2.24) is 9.97 Å². The van der Waals surface area contributed by atoms with Crippen molar-refractivity contribution in [2.45, 2.75) is 12.6 Å². The fraction of sp³-hybridized carbons (Fsp3) is 0.667. The normalized spacial score (nSPS) is 10.6. The van der Waals surface area contributed by atoms with Gasteiger partial charge in [0, 0.05) is 41.2 Å². The van der Waals surface area contributed by atoms with Gasteiger partial charge in [-0.1, -0.05) is 0 Å². The van der Waals surface area contributed by atoms with Crippen molar-refractivity contribution in [3.8, 4) is 0 Å². The summed E-state index contributed by atoms with van der Waals surface area (Å²) in [5.41, 5.74) is 5.14. The molecule has 0 radical (unpaired) electrons. The monoisotopic (exact) mass is 400 g/mol. The number of hydrogen-bond acceptors (Lipinski definition) is 8. The Balaban J connectivity index is 0.000000534. The van der Waals surface area contributed by atoms with Crippen molar-refractivity contribution in [2.75, 3.05) is 46.8 Å². The van der Waals surface area contributed by atoms with Crippen LogP contribution in [0.1, 0.15) is 0 Å². The highest BCUT2D eigenvalue weighted by atomic mass is 79.9. The zero-order valence-electron chi connectivity index (χ0n) is 13.0. The first-order valence-electron chi connectivity index (χ1n) is 6.25. The van der Waals surface area contributed by atoms with Crippen LogP contribution in [0.4, 0.5) is 5.82 Å². The number of methoxy groups -OCH3 is 4. The van der Waals surface area contributed by atoms with Gasteiger partial charge in [-0.2, -0.15) is 4.98 Å². The van der Waals surface area contributed by atoms with Gasteiger partial charge in [0.25, 0.3) is 0 Å². The molecule has 0 saturated heterocycles. The van der Waals surface area contributed by atoms with Gasteiger partial charge < -0.3 is 30.0 Å². The summed E-state index contributed by atoms with van der Waals surface area (Å²) < 4.78 is 20.2. The van der Waals surface area contributed by atoms with Gasteiger partial charge >= 0.3 is 0 Å². The third-order valence-corrected chi connectivity index (χ3v) is 3.16. The van der Waals surface area contributed by atoms with E-state index >= 15 is 0 Å². The van der Waals surface area contributed by atoms with E-state index in [4.69, 9.17) is 36.3 Å². The minimum absolute atomic E-state index is 0.187. The molecule has 0 aliphatic rings. The number of rotatable bonds is 8. The van der Waals surface area contributed by atoms with Crippen molar-refractivity contribution >= 4 is 33.3 Å². The highest BCUT2D eigenvalue weighted by molar-refractivity contribution is 9.10. The van der Waals surface area contributed by atoms with E-state index in [0.29, 0.717) is 18.9 Å². The summed E-state index contributed by atoms with van der Waals surface area (Å²) in [6, 6.07) is 0. The van der Waals surface area contributed by atoms with Crippen LogP contribution in [0.3, 0.4) is 0 Å². The van der Waals surface area contributed by atoms with Crippen LogP contribution >= 0.6 is 27.5 Å².